The van der Waals surface area contributed by atoms with Crippen molar-refractivity contribution in [2.24, 2.45) is 0 Å². The summed E-state index contributed by atoms with van der Waals surface area (Å²) in [6.45, 7) is 7.18. The zero-order valence-electron chi connectivity index (χ0n) is 14.3. The minimum Gasteiger partial charge on any atom is -0.496 e. The number of nitrogens with zero attached hydrogens (tertiary/aromatic N) is 1. The van der Waals surface area contributed by atoms with Crippen molar-refractivity contribution >= 4 is 11.8 Å². The number of hydrogen-bond donors (Lipinski definition) is 1. The van der Waals surface area contributed by atoms with E-state index in [9.17, 15) is 4.79 Å². The van der Waals surface area contributed by atoms with E-state index in [2.05, 4.69) is 0 Å². The highest BCUT2D eigenvalue weighted by atomic mass is 16.6. The van der Waals surface area contributed by atoms with Crippen molar-refractivity contribution in [1.29, 1.82) is 0 Å². The lowest BCUT2D eigenvalue weighted by atomic mass is 10.2. The summed E-state index contributed by atoms with van der Waals surface area (Å²) in [6.07, 6.45) is 0.503. The van der Waals surface area contributed by atoms with E-state index < -0.39 is 5.60 Å². The van der Waals surface area contributed by atoms with Crippen LogP contribution < -0.4 is 10.5 Å². The SMILES string of the molecule is COc1ccc(N)cc1COC1CCN(C(=O)OC(C)(C)C)C1. The molecule has 23 heavy (non-hydrogen) atoms. The summed E-state index contributed by atoms with van der Waals surface area (Å²) in [4.78, 5) is 13.7. The molecule has 0 aliphatic carbocycles. The minimum absolute atomic E-state index is 0.00587. The van der Waals surface area contributed by atoms with E-state index in [1.165, 1.54) is 0 Å². The van der Waals surface area contributed by atoms with Gasteiger partial charge in [-0.15, -0.1) is 0 Å². The molecule has 1 amide bonds. The Morgan fingerprint density at radius 3 is 2.78 bits per heavy atom. The van der Waals surface area contributed by atoms with Gasteiger partial charge >= 0.3 is 6.09 Å². The van der Waals surface area contributed by atoms with Crippen LogP contribution in [0, 0.1) is 0 Å². The van der Waals surface area contributed by atoms with Crippen molar-refractivity contribution in [2.75, 3.05) is 25.9 Å². The molecular formula is C17H26N2O4. The molecule has 1 aromatic carbocycles. The molecule has 0 bridgehead atoms. The van der Waals surface area contributed by atoms with Crippen LogP contribution in [0.15, 0.2) is 18.2 Å². The van der Waals surface area contributed by atoms with E-state index >= 15 is 0 Å². The lowest BCUT2D eigenvalue weighted by Crippen LogP contribution is -2.36. The number of benzene rings is 1. The molecule has 1 fully saturated rings. The Morgan fingerprint density at radius 2 is 2.13 bits per heavy atom. The summed E-state index contributed by atoms with van der Waals surface area (Å²) < 4.78 is 16.6. The summed E-state index contributed by atoms with van der Waals surface area (Å²) >= 11 is 0. The first kappa shape index (κ1) is 17.4. The van der Waals surface area contributed by atoms with Crippen LogP contribution in [0.4, 0.5) is 10.5 Å². The maximum atomic E-state index is 12.0. The van der Waals surface area contributed by atoms with Crippen LogP contribution in [0.5, 0.6) is 5.75 Å². The minimum atomic E-state index is -0.481. The third-order valence-electron chi connectivity index (χ3n) is 3.58. The van der Waals surface area contributed by atoms with Crippen LogP contribution in [0.25, 0.3) is 0 Å². The first-order chi connectivity index (χ1) is 10.8. The Kier molecular flexibility index (Phi) is 5.36. The van der Waals surface area contributed by atoms with Crippen molar-refractivity contribution in [1.82, 2.24) is 4.90 Å². The predicted octanol–water partition coefficient (Wildman–Crippen LogP) is 2.80. The van der Waals surface area contributed by atoms with Gasteiger partial charge in [0.25, 0.3) is 0 Å². The van der Waals surface area contributed by atoms with E-state index in [0.717, 1.165) is 17.7 Å². The molecule has 2 N–H and O–H groups in total. The number of ether oxygens (including phenoxy) is 3. The van der Waals surface area contributed by atoms with E-state index in [0.29, 0.717) is 25.4 Å². The number of anilines is 1. The Balaban J connectivity index is 1.87. The van der Waals surface area contributed by atoms with Gasteiger partial charge in [-0.1, -0.05) is 0 Å². The predicted molar refractivity (Wildman–Crippen MR) is 88.4 cm³/mol. The first-order valence-electron chi connectivity index (χ1n) is 7.80. The summed E-state index contributed by atoms with van der Waals surface area (Å²) in [5, 5.41) is 0. The lowest BCUT2D eigenvalue weighted by Gasteiger charge is -2.24. The molecule has 1 aliphatic heterocycles. The fourth-order valence-electron chi connectivity index (χ4n) is 2.48. The van der Waals surface area contributed by atoms with Crippen molar-refractivity contribution in [3.8, 4) is 5.75 Å². The number of amides is 1. The van der Waals surface area contributed by atoms with Crippen LogP contribution in [0.1, 0.15) is 32.8 Å². The third kappa shape index (κ3) is 5.03. The van der Waals surface area contributed by atoms with E-state index in [1.807, 2.05) is 32.9 Å². The van der Waals surface area contributed by atoms with Gasteiger partial charge < -0.3 is 24.8 Å². The smallest absolute Gasteiger partial charge is 0.410 e. The maximum absolute atomic E-state index is 12.0. The molecule has 2 rings (SSSR count). The summed E-state index contributed by atoms with van der Waals surface area (Å²) in [5.74, 6) is 0.751. The number of likely N-dealkylation sites (tertiary alicyclic amines) is 1. The molecule has 1 aromatic rings. The van der Waals surface area contributed by atoms with E-state index in [-0.39, 0.29) is 12.2 Å². The lowest BCUT2D eigenvalue weighted by molar-refractivity contribution is 0.0182. The second-order valence-corrected chi connectivity index (χ2v) is 6.72. The van der Waals surface area contributed by atoms with Gasteiger partial charge in [-0.25, -0.2) is 4.79 Å². The molecule has 0 spiro atoms. The Morgan fingerprint density at radius 1 is 1.39 bits per heavy atom. The van der Waals surface area contributed by atoms with Gasteiger partial charge in [-0.2, -0.15) is 0 Å². The van der Waals surface area contributed by atoms with Gasteiger partial charge in [0.05, 0.1) is 26.4 Å². The Labute approximate surface area is 137 Å². The first-order valence-corrected chi connectivity index (χ1v) is 7.80. The molecule has 0 saturated carbocycles. The molecule has 1 heterocycles. The standard InChI is InChI=1S/C17H26N2O4/c1-17(2,3)23-16(20)19-8-7-14(10-19)22-11-12-9-13(18)5-6-15(12)21-4/h5-6,9,14H,7-8,10-11,18H2,1-4H3. The topological polar surface area (TPSA) is 74.0 Å². The second-order valence-electron chi connectivity index (χ2n) is 6.72. The number of carbonyl (C=O) groups excluding carboxylic acids is 1. The zero-order chi connectivity index (χ0) is 17.0. The third-order valence-corrected chi connectivity index (χ3v) is 3.58. The molecule has 128 valence electrons. The molecule has 1 saturated heterocycles. The number of carbonyl (C=O) groups is 1. The fourth-order valence-corrected chi connectivity index (χ4v) is 2.48. The fraction of sp³-hybridized carbons (Fsp3) is 0.588. The molecular weight excluding hydrogens is 296 g/mol. The van der Waals surface area contributed by atoms with Gasteiger partial charge in [0.1, 0.15) is 11.4 Å². The molecule has 1 unspecified atom stereocenters. The quantitative estimate of drug-likeness (QED) is 0.863. The van der Waals surface area contributed by atoms with Crippen LogP contribution in [-0.2, 0) is 16.1 Å². The van der Waals surface area contributed by atoms with Gasteiger partial charge in [0, 0.05) is 17.8 Å². The molecule has 0 aromatic heterocycles. The van der Waals surface area contributed by atoms with Gasteiger partial charge in [-0.3, -0.25) is 0 Å². The Bertz CT molecular complexity index is 554. The normalized spacial score (nSPS) is 18.1. The van der Waals surface area contributed by atoms with Crippen LogP contribution in [-0.4, -0.2) is 42.9 Å². The molecule has 0 radical (unpaired) electrons. The average Bonchev–Trinajstić information content (AvgIpc) is 2.92. The average molecular weight is 322 g/mol. The van der Waals surface area contributed by atoms with Crippen molar-refractivity contribution < 1.29 is 19.0 Å². The number of hydrogen-bond acceptors (Lipinski definition) is 5. The monoisotopic (exact) mass is 322 g/mol. The molecule has 6 nitrogen and oxygen atoms in total. The van der Waals surface area contributed by atoms with E-state index in [1.54, 1.807) is 18.1 Å². The van der Waals surface area contributed by atoms with Crippen LogP contribution >= 0.6 is 0 Å². The highest BCUT2D eigenvalue weighted by Crippen LogP contribution is 2.24. The second kappa shape index (κ2) is 7.08. The van der Waals surface area contributed by atoms with Gasteiger partial charge in [-0.05, 0) is 45.4 Å². The molecule has 1 aliphatic rings. The van der Waals surface area contributed by atoms with Crippen molar-refractivity contribution in [2.45, 2.75) is 45.5 Å². The largest absolute Gasteiger partial charge is 0.496 e. The molecule has 6 heteroatoms. The van der Waals surface area contributed by atoms with E-state index in [4.69, 9.17) is 19.9 Å². The van der Waals surface area contributed by atoms with Crippen LogP contribution in [0.2, 0.25) is 0 Å². The number of nitrogens with two attached hydrogens (primary N) is 1. The maximum Gasteiger partial charge on any atom is 0.410 e. The summed E-state index contributed by atoms with van der Waals surface area (Å²) in [7, 11) is 1.62. The number of nitrogen functional groups attached to an aromatic ring is 1. The highest BCUT2D eigenvalue weighted by Gasteiger charge is 2.30. The number of rotatable bonds is 4. The zero-order valence-corrected chi connectivity index (χ0v) is 14.3. The van der Waals surface area contributed by atoms with Crippen molar-refractivity contribution in [3.63, 3.8) is 0 Å². The Hall–Kier alpha value is -1.95. The van der Waals surface area contributed by atoms with Gasteiger partial charge in [0.2, 0.25) is 0 Å². The van der Waals surface area contributed by atoms with Crippen molar-refractivity contribution in [3.05, 3.63) is 23.8 Å². The highest BCUT2D eigenvalue weighted by molar-refractivity contribution is 5.68. The van der Waals surface area contributed by atoms with Gasteiger partial charge in [0.15, 0.2) is 0 Å². The summed E-state index contributed by atoms with van der Waals surface area (Å²) in [6, 6.07) is 5.47. The van der Waals surface area contributed by atoms with Crippen LogP contribution in [0.3, 0.4) is 0 Å². The number of methoxy groups -OCH3 is 1. The molecule has 1 atom stereocenters. The summed E-state index contributed by atoms with van der Waals surface area (Å²) in [5.41, 5.74) is 6.90.